The molecule has 6 nitrogen and oxygen atoms in total. The van der Waals surface area contributed by atoms with Gasteiger partial charge in [0.1, 0.15) is 4.90 Å². The zero-order valence-corrected chi connectivity index (χ0v) is 12.2. The van der Waals surface area contributed by atoms with E-state index < -0.39 is 44.2 Å². The number of carbonyl (C=O) groups is 1. The average molecular weight is 323 g/mol. The molecule has 0 amide bonds. The van der Waals surface area contributed by atoms with Crippen molar-refractivity contribution in [2.24, 2.45) is 0 Å². The Bertz CT molecular complexity index is 645. The molecule has 0 saturated carbocycles. The van der Waals surface area contributed by atoms with E-state index in [4.69, 9.17) is 10.2 Å². The van der Waals surface area contributed by atoms with Gasteiger partial charge in [0.15, 0.2) is 11.6 Å². The van der Waals surface area contributed by atoms with Crippen LogP contribution in [0, 0.1) is 11.6 Å². The van der Waals surface area contributed by atoms with Crippen molar-refractivity contribution in [1.82, 2.24) is 4.31 Å². The summed E-state index contributed by atoms with van der Waals surface area (Å²) in [6.07, 6.45) is -0.673. The van der Waals surface area contributed by atoms with Gasteiger partial charge in [-0.15, -0.1) is 0 Å². The number of rotatable bonds is 6. The molecular formula is C12H15F2NO5S. The van der Waals surface area contributed by atoms with Gasteiger partial charge in [-0.25, -0.2) is 26.3 Å². The Morgan fingerprint density at radius 3 is 2.43 bits per heavy atom. The van der Waals surface area contributed by atoms with E-state index >= 15 is 0 Å². The van der Waals surface area contributed by atoms with Gasteiger partial charge < -0.3 is 10.2 Å². The number of benzene rings is 1. The van der Waals surface area contributed by atoms with Crippen LogP contribution in [-0.2, 0) is 10.0 Å². The predicted octanol–water partition coefficient (Wildman–Crippen LogP) is 1.05. The molecule has 0 fully saturated rings. The summed E-state index contributed by atoms with van der Waals surface area (Å²) in [7, 11) is -3.27. The molecule has 0 aliphatic carbocycles. The summed E-state index contributed by atoms with van der Waals surface area (Å²) in [5, 5.41) is 17.9. The fourth-order valence-electron chi connectivity index (χ4n) is 1.53. The average Bonchev–Trinajstić information content (AvgIpc) is 2.38. The SMILES string of the molecule is CC(O)CCN(C)S(=O)(=O)c1cc(C(=O)O)cc(F)c1F. The molecule has 0 bridgehead atoms. The highest BCUT2D eigenvalue weighted by atomic mass is 32.2. The number of carboxylic acids is 1. The first-order chi connectivity index (χ1) is 9.57. The highest BCUT2D eigenvalue weighted by Crippen LogP contribution is 2.23. The van der Waals surface area contributed by atoms with Crippen LogP contribution in [0.2, 0.25) is 0 Å². The van der Waals surface area contributed by atoms with Crippen LogP contribution in [0.1, 0.15) is 23.7 Å². The van der Waals surface area contributed by atoms with E-state index in [1.54, 1.807) is 0 Å². The van der Waals surface area contributed by atoms with E-state index in [1.165, 1.54) is 6.92 Å². The number of aliphatic hydroxyl groups excluding tert-OH is 1. The lowest BCUT2D eigenvalue weighted by molar-refractivity contribution is 0.0696. The molecule has 1 aromatic carbocycles. The molecule has 2 N–H and O–H groups in total. The third kappa shape index (κ3) is 3.96. The Labute approximate surface area is 120 Å². The molecule has 0 saturated heterocycles. The maximum atomic E-state index is 13.7. The van der Waals surface area contributed by atoms with E-state index in [-0.39, 0.29) is 13.0 Å². The van der Waals surface area contributed by atoms with Crippen molar-refractivity contribution in [1.29, 1.82) is 0 Å². The van der Waals surface area contributed by atoms with Crippen molar-refractivity contribution in [3.05, 3.63) is 29.3 Å². The van der Waals surface area contributed by atoms with Gasteiger partial charge in [-0.1, -0.05) is 0 Å². The van der Waals surface area contributed by atoms with Gasteiger partial charge in [0.25, 0.3) is 0 Å². The standard InChI is InChI=1S/C12H15F2NO5S/c1-7(16)3-4-15(2)21(19,20)10-6-8(12(17)18)5-9(13)11(10)14/h5-7,16H,3-4H2,1-2H3,(H,17,18). The number of hydrogen-bond donors (Lipinski definition) is 2. The van der Waals surface area contributed by atoms with Crippen molar-refractivity contribution in [3.63, 3.8) is 0 Å². The lowest BCUT2D eigenvalue weighted by atomic mass is 10.2. The summed E-state index contributed by atoms with van der Waals surface area (Å²) >= 11 is 0. The minimum atomic E-state index is -4.40. The summed E-state index contributed by atoms with van der Waals surface area (Å²) in [6, 6.07) is 0.974. The fourth-order valence-corrected chi connectivity index (χ4v) is 2.81. The number of carboxylic acid groups (broad SMARTS) is 1. The number of aliphatic hydroxyl groups is 1. The first-order valence-corrected chi connectivity index (χ1v) is 7.38. The van der Waals surface area contributed by atoms with Crippen LogP contribution in [0.25, 0.3) is 0 Å². The molecule has 1 atom stereocenters. The van der Waals surface area contributed by atoms with Gasteiger partial charge in [-0.3, -0.25) is 0 Å². The number of aromatic carboxylic acids is 1. The highest BCUT2D eigenvalue weighted by Gasteiger charge is 2.28. The van der Waals surface area contributed by atoms with Crippen LogP contribution in [0.15, 0.2) is 17.0 Å². The molecule has 9 heteroatoms. The van der Waals surface area contributed by atoms with E-state index in [0.29, 0.717) is 12.1 Å². The lowest BCUT2D eigenvalue weighted by Gasteiger charge is -2.18. The van der Waals surface area contributed by atoms with Crippen molar-refractivity contribution < 1.29 is 32.2 Å². The third-order valence-electron chi connectivity index (χ3n) is 2.79. The maximum absolute atomic E-state index is 13.7. The zero-order chi connectivity index (χ0) is 16.4. The number of halogens is 2. The van der Waals surface area contributed by atoms with Gasteiger partial charge in [0.05, 0.1) is 11.7 Å². The fraction of sp³-hybridized carbons (Fsp3) is 0.417. The molecule has 0 heterocycles. The minimum absolute atomic E-state index is 0.0957. The Hall–Kier alpha value is -1.58. The van der Waals surface area contributed by atoms with Crippen LogP contribution in [0.5, 0.6) is 0 Å². The molecule has 1 aromatic rings. The molecule has 118 valence electrons. The molecule has 1 unspecified atom stereocenters. The smallest absolute Gasteiger partial charge is 0.335 e. The van der Waals surface area contributed by atoms with Gasteiger partial charge in [-0.05, 0) is 25.5 Å². The van der Waals surface area contributed by atoms with Crippen molar-refractivity contribution in [2.45, 2.75) is 24.3 Å². The number of sulfonamides is 1. The van der Waals surface area contributed by atoms with Crippen LogP contribution in [0.3, 0.4) is 0 Å². The second-order valence-electron chi connectivity index (χ2n) is 4.54. The number of nitrogens with zero attached hydrogens (tertiary/aromatic N) is 1. The van der Waals surface area contributed by atoms with Gasteiger partial charge >= 0.3 is 5.97 Å². The largest absolute Gasteiger partial charge is 0.478 e. The molecule has 1 rings (SSSR count). The Morgan fingerprint density at radius 1 is 1.38 bits per heavy atom. The van der Waals surface area contributed by atoms with E-state index in [2.05, 4.69) is 0 Å². The quantitative estimate of drug-likeness (QED) is 0.816. The molecule has 0 aliphatic rings. The second-order valence-corrected chi connectivity index (χ2v) is 6.55. The van der Waals surface area contributed by atoms with Crippen LogP contribution >= 0.6 is 0 Å². The topological polar surface area (TPSA) is 94.9 Å². The van der Waals surface area contributed by atoms with E-state index in [0.717, 1.165) is 11.4 Å². The molecular weight excluding hydrogens is 308 g/mol. The monoisotopic (exact) mass is 323 g/mol. The second kappa shape index (κ2) is 6.46. The summed E-state index contributed by atoms with van der Waals surface area (Å²) in [4.78, 5) is 9.75. The van der Waals surface area contributed by atoms with Gasteiger partial charge in [0, 0.05) is 13.6 Å². The Balaban J connectivity index is 3.27. The predicted molar refractivity (Wildman–Crippen MR) is 69.4 cm³/mol. The molecule has 0 aliphatic heterocycles. The Morgan fingerprint density at radius 2 is 1.95 bits per heavy atom. The van der Waals surface area contributed by atoms with Gasteiger partial charge in [0.2, 0.25) is 10.0 Å². The molecule has 21 heavy (non-hydrogen) atoms. The van der Waals surface area contributed by atoms with Gasteiger partial charge in [-0.2, -0.15) is 0 Å². The minimum Gasteiger partial charge on any atom is -0.478 e. The molecule has 0 aromatic heterocycles. The summed E-state index contributed by atoms with van der Waals surface area (Å²) in [5.74, 6) is -4.77. The van der Waals surface area contributed by atoms with Crippen LogP contribution in [0.4, 0.5) is 8.78 Å². The lowest BCUT2D eigenvalue weighted by Crippen LogP contribution is -2.30. The normalized spacial score (nSPS) is 13.4. The first-order valence-electron chi connectivity index (χ1n) is 5.94. The molecule has 0 spiro atoms. The first kappa shape index (κ1) is 17.5. The maximum Gasteiger partial charge on any atom is 0.335 e. The van der Waals surface area contributed by atoms with Crippen LogP contribution < -0.4 is 0 Å². The van der Waals surface area contributed by atoms with E-state index in [9.17, 15) is 22.0 Å². The van der Waals surface area contributed by atoms with Crippen molar-refractivity contribution in [3.8, 4) is 0 Å². The van der Waals surface area contributed by atoms with E-state index in [1.807, 2.05) is 0 Å². The van der Waals surface area contributed by atoms with Crippen LogP contribution in [-0.4, -0.2) is 48.6 Å². The third-order valence-corrected chi connectivity index (χ3v) is 4.65. The zero-order valence-electron chi connectivity index (χ0n) is 11.4. The summed E-state index contributed by atoms with van der Waals surface area (Å²) in [6.45, 7) is 1.32. The highest BCUT2D eigenvalue weighted by molar-refractivity contribution is 7.89. The number of hydrogen-bond acceptors (Lipinski definition) is 4. The van der Waals surface area contributed by atoms with Crippen molar-refractivity contribution >= 4 is 16.0 Å². The Kier molecular flexibility index (Phi) is 5.37. The summed E-state index contributed by atoms with van der Waals surface area (Å²) < 4.78 is 52.0. The summed E-state index contributed by atoms with van der Waals surface area (Å²) in [5.41, 5.74) is -0.670. The van der Waals surface area contributed by atoms with Crippen molar-refractivity contribution in [2.75, 3.05) is 13.6 Å². The molecule has 0 radical (unpaired) electrons.